The molecule has 0 heterocycles. The van der Waals surface area contributed by atoms with E-state index in [-0.39, 0.29) is 5.56 Å². The Bertz CT molecular complexity index is 370. The van der Waals surface area contributed by atoms with Crippen molar-refractivity contribution in [3.8, 4) is 17.6 Å². The van der Waals surface area contributed by atoms with E-state index in [2.05, 4.69) is 17.2 Å². The Morgan fingerprint density at radius 1 is 1.36 bits per heavy atom. The first-order valence-corrected chi connectivity index (χ1v) is 3.96. The van der Waals surface area contributed by atoms with E-state index < -0.39 is 17.4 Å². The van der Waals surface area contributed by atoms with Crippen molar-refractivity contribution in [1.82, 2.24) is 5.32 Å². The summed E-state index contributed by atoms with van der Waals surface area (Å²) in [4.78, 5) is 0. The van der Waals surface area contributed by atoms with Crippen LogP contribution >= 0.6 is 0 Å². The predicted octanol–water partition coefficient (Wildman–Crippen LogP) is 1.24. The molecule has 0 aliphatic heterocycles. The molecule has 0 saturated heterocycles. The monoisotopic (exact) mass is 197 g/mol. The fourth-order valence-corrected chi connectivity index (χ4v) is 0.900. The summed E-state index contributed by atoms with van der Waals surface area (Å²) in [6.07, 6.45) is 0. The van der Waals surface area contributed by atoms with Gasteiger partial charge in [0.1, 0.15) is 17.4 Å². The SMILES string of the molecule is CNCC#Cc1c(F)cc(O)cc1F. The van der Waals surface area contributed by atoms with Gasteiger partial charge in [0.05, 0.1) is 12.1 Å². The van der Waals surface area contributed by atoms with Crippen molar-refractivity contribution in [1.29, 1.82) is 0 Å². The zero-order chi connectivity index (χ0) is 10.6. The van der Waals surface area contributed by atoms with Crippen molar-refractivity contribution in [3.05, 3.63) is 29.3 Å². The average Bonchev–Trinajstić information content (AvgIpc) is 2.09. The highest BCUT2D eigenvalue weighted by Crippen LogP contribution is 2.18. The van der Waals surface area contributed by atoms with E-state index in [9.17, 15) is 8.78 Å². The van der Waals surface area contributed by atoms with Gasteiger partial charge in [0.15, 0.2) is 0 Å². The third-order valence-corrected chi connectivity index (χ3v) is 1.51. The maximum atomic E-state index is 13.0. The lowest BCUT2D eigenvalue weighted by molar-refractivity contribution is 0.459. The quantitative estimate of drug-likeness (QED) is 0.664. The number of halogens is 2. The minimum absolute atomic E-state index is 0.321. The molecule has 14 heavy (non-hydrogen) atoms. The van der Waals surface area contributed by atoms with Crippen molar-refractivity contribution in [3.63, 3.8) is 0 Å². The van der Waals surface area contributed by atoms with Gasteiger partial charge in [-0.15, -0.1) is 0 Å². The molecule has 0 amide bonds. The van der Waals surface area contributed by atoms with Gasteiger partial charge in [-0.05, 0) is 7.05 Å². The molecule has 0 aliphatic rings. The highest BCUT2D eigenvalue weighted by molar-refractivity contribution is 5.40. The number of nitrogens with one attached hydrogen (secondary N) is 1. The summed E-state index contributed by atoms with van der Waals surface area (Å²) in [5, 5.41) is 11.6. The van der Waals surface area contributed by atoms with Gasteiger partial charge in [-0.2, -0.15) is 0 Å². The summed E-state index contributed by atoms with van der Waals surface area (Å²) in [6, 6.07) is 1.65. The first kappa shape index (κ1) is 10.5. The van der Waals surface area contributed by atoms with Crippen LogP contribution in [0.1, 0.15) is 5.56 Å². The molecule has 0 radical (unpaired) electrons. The average molecular weight is 197 g/mol. The van der Waals surface area contributed by atoms with E-state index >= 15 is 0 Å². The van der Waals surface area contributed by atoms with Crippen LogP contribution in [0.3, 0.4) is 0 Å². The molecule has 0 fully saturated rings. The van der Waals surface area contributed by atoms with Crippen LogP contribution in [0.4, 0.5) is 8.78 Å². The van der Waals surface area contributed by atoms with E-state index in [1.54, 1.807) is 7.05 Å². The number of rotatable bonds is 1. The highest BCUT2D eigenvalue weighted by Gasteiger charge is 2.07. The fourth-order valence-electron chi connectivity index (χ4n) is 0.900. The van der Waals surface area contributed by atoms with Gasteiger partial charge in [-0.1, -0.05) is 11.8 Å². The van der Waals surface area contributed by atoms with Gasteiger partial charge in [0.2, 0.25) is 0 Å². The standard InChI is InChI=1S/C10H9F2NO/c1-13-4-2-3-8-9(11)5-7(14)6-10(8)12/h5-6,13-14H,4H2,1H3. The second-order valence-electron chi connectivity index (χ2n) is 2.62. The smallest absolute Gasteiger partial charge is 0.145 e. The van der Waals surface area contributed by atoms with Gasteiger partial charge >= 0.3 is 0 Å². The van der Waals surface area contributed by atoms with Crippen LogP contribution in [0.25, 0.3) is 0 Å². The molecule has 0 aromatic heterocycles. The fraction of sp³-hybridized carbons (Fsp3) is 0.200. The van der Waals surface area contributed by atoms with Crippen LogP contribution in [-0.4, -0.2) is 18.7 Å². The van der Waals surface area contributed by atoms with E-state index in [1.165, 1.54) is 0 Å². The minimum atomic E-state index is -0.855. The third kappa shape index (κ3) is 2.44. The Morgan fingerprint density at radius 3 is 2.43 bits per heavy atom. The first-order valence-electron chi connectivity index (χ1n) is 3.96. The second-order valence-corrected chi connectivity index (χ2v) is 2.62. The molecule has 74 valence electrons. The summed E-state index contributed by atoms with van der Waals surface area (Å²) in [5.74, 6) is 2.71. The summed E-state index contributed by atoms with van der Waals surface area (Å²) in [6.45, 7) is 0.347. The van der Waals surface area contributed by atoms with Crippen molar-refractivity contribution in [2.24, 2.45) is 0 Å². The molecule has 0 bridgehead atoms. The maximum Gasteiger partial charge on any atom is 0.145 e. The lowest BCUT2D eigenvalue weighted by Crippen LogP contribution is -2.04. The number of aromatic hydroxyl groups is 1. The van der Waals surface area contributed by atoms with Crippen LogP contribution in [0.5, 0.6) is 5.75 Å². The number of phenols is 1. The molecule has 0 aliphatic carbocycles. The van der Waals surface area contributed by atoms with Gasteiger partial charge in [0, 0.05) is 12.1 Å². The summed E-state index contributed by atoms with van der Waals surface area (Å²) >= 11 is 0. The van der Waals surface area contributed by atoms with Crippen LogP contribution < -0.4 is 5.32 Å². The molecule has 1 aromatic rings. The Morgan fingerprint density at radius 2 is 1.93 bits per heavy atom. The topological polar surface area (TPSA) is 32.3 Å². The molecular weight excluding hydrogens is 188 g/mol. The van der Waals surface area contributed by atoms with Crippen LogP contribution in [0, 0.1) is 23.5 Å². The Hall–Kier alpha value is -1.60. The van der Waals surface area contributed by atoms with Gasteiger partial charge in [-0.3, -0.25) is 0 Å². The molecule has 4 heteroatoms. The molecular formula is C10H9F2NO. The number of phenolic OH excluding ortho intramolecular Hbond substituents is 1. The minimum Gasteiger partial charge on any atom is -0.508 e. The molecule has 2 N–H and O–H groups in total. The van der Waals surface area contributed by atoms with Gasteiger partial charge in [0.25, 0.3) is 0 Å². The van der Waals surface area contributed by atoms with E-state index in [0.29, 0.717) is 6.54 Å². The summed E-state index contributed by atoms with van der Waals surface area (Å²) in [5.41, 5.74) is -0.321. The van der Waals surface area contributed by atoms with Gasteiger partial charge in [-0.25, -0.2) is 8.78 Å². The van der Waals surface area contributed by atoms with Crippen molar-refractivity contribution in [2.45, 2.75) is 0 Å². The Labute approximate surface area is 80.6 Å². The number of hydrogen-bond acceptors (Lipinski definition) is 2. The molecule has 0 atom stereocenters. The molecule has 0 spiro atoms. The van der Waals surface area contributed by atoms with Crippen molar-refractivity contribution < 1.29 is 13.9 Å². The lowest BCUT2D eigenvalue weighted by atomic mass is 10.2. The zero-order valence-electron chi connectivity index (χ0n) is 7.56. The van der Waals surface area contributed by atoms with Crippen molar-refractivity contribution >= 4 is 0 Å². The molecule has 1 aromatic carbocycles. The van der Waals surface area contributed by atoms with Crippen LogP contribution in [0.2, 0.25) is 0 Å². The largest absolute Gasteiger partial charge is 0.508 e. The highest BCUT2D eigenvalue weighted by atomic mass is 19.1. The van der Waals surface area contributed by atoms with E-state index in [4.69, 9.17) is 5.11 Å². The summed E-state index contributed by atoms with van der Waals surface area (Å²) < 4.78 is 26.0. The normalized spacial score (nSPS) is 9.36. The zero-order valence-corrected chi connectivity index (χ0v) is 7.56. The second kappa shape index (κ2) is 4.58. The third-order valence-electron chi connectivity index (χ3n) is 1.51. The maximum absolute atomic E-state index is 13.0. The van der Waals surface area contributed by atoms with Crippen LogP contribution in [-0.2, 0) is 0 Å². The van der Waals surface area contributed by atoms with E-state index in [1.807, 2.05) is 0 Å². The first-order chi connectivity index (χ1) is 6.65. The molecule has 2 nitrogen and oxygen atoms in total. The lowest BCUT2D eigenvalue weighted by Gasteiger charge is -1.97. The van der Waals surface area contributed by atoms with Gasteiger partial charge < -0.3 is 10.4 Å². The predicted molar refractivity (Wildman–Crippen MR) is 48.8 cm³/mol. The van der Waals surface area contributed by atoms with Crippen LogP contribution in [0.15, 0.2) is 12.1 Å². The Balaban J connectivity index is 3.04. The summed E-state index contributed by atoms with van der Waals surface area (Å²) in [7, 11) is 1.68. The molecule has 1 rings (SSSR count). The number of benzene rings is 1. The molecule has 0 saturated carbocycles. The molecule has 0 unspecified atom stereocenters. The number of hydrogen-bond donors (Lipinski definition) is 2. The van der Waals surface area contributed by atoms with E-state index in [0.717, 1.165) is 12.1 Å². The van der Waals surface area contributed by atoms with Crippen molar-refractivity contribution in [2.75, 3.05) is 13.6 Å². The Kier molecular flexibility index (Phi) is 3.43.